The van der Waals surface area contributed by atoms with Crippen LogP contribution < -0.4 is 15.0 Å². The zero-order chi connectivity index (χ0) is 21.6. The highest BCUT2D eigenvalue weighted by atomic mass is 16.5. The number of carbonyl (C=O) groups excluding carboxylic acids is 3. The molecule has 1 aromatic rings. The van der Waals surface area contributed by atoms with Crippen LogP contribution in [0.15, 0.2) is 53.9 Å². The minimum atomic E-state index is -0.737. The largest absolute Gasteiger partial charge is 0.497 e. The number of nitrogens with one attached hydrogen (secondary N) is 1. The molecule has 1 aromatic carbocycles. The molecule has 1 aliphatic heterocycles. The van der Waals surface area contributed by atoms with Crippen LogP contribution in [0.2, 0.25) is 0 Å². The Morgan fingerprint density at radius 2 is 1.69 bits per heavy atom. The van der Waals surface area contributed by atoms with Crippen molar-refractivity contribution in [2.75, 3.05) is 31.5 Å². The zero-order valence-corrected chi connectivity index (χ0v) is 17.0. The van der Waals surface area contributed by atoms with Gasteiger partial charge in [-0.1, -0.05) is 19.9 Å². The van der Waals surface area contributed by atoms with Crippen LogP contribution in [0, 0.1) is 5.92 Å². The molecule has 0 aliphatic carbocycles. The smallest absolute Gasteiger partial charge is 0.355 e. The van der Waals surface area contributed by atoms with E-state index in [2.05, 4.69) is 5.32 Å². The molecule has 0 bridgehead atoms. The molecule has 154 valence electrons. The molecule has 0 saturated heterocycles. The molecule has 0 atom stereocenters. The second-order valence-electron chi connectivity index (χ2n) is 6.34. The van der Waals surface area contributed by atoms with Crippen molar-refractivity contribution in [2.45, 2.75) is 13.8 Å². The maximum atomic E-state index is 12.6. The summed E-state index contributed by atoms with van der Waals surface area (Å²) >= 11 is 0. The highest BCUT2D eigenvalue weighted by Crippen LogP contribution is 2.35. The molecule has 8 heteroatoms. The Balaban J connectivity index is 2.70. The van der Waals surface area contributed by atoms with E-state index in [-0.39, 0.29) is 23.1 Å². The van der Waals surface area contributed by atoms with Gasteiger partial charge in [-0.15, -0.1) is 0 Å². The number of amides is 1. The van der Waals surface area contributed by atoms with Crippen molar-refractivity contribution in [1.82, 2.24) is 0 Å². The summed E-state index contributed by atoms with van der Waals surface area (Å²) in [5.74, 6) is -1.40. The van der Waals surface area contributed by atoms with Crippen LogP contribution in [-0.4, -0.2) is 39.2 Å². The van der Waals surface area contributed by atoms with Crippen molar-refractivity contribution in [3.8, 4) is 5.75 Å². The zero-order valence-electron chi connectivity index (χ0n) is 17.0. The fraction of sp³-hybridized carbons (Fsp3) is 0.286. The third-order valence-corrected chi connectivity index (χ3v) is 4.13. The van der Waals surface area contributed by atoms with Gasteiger partial charge < -0.3 is 24.4 Å². The molecule has 0 aromatic heterocycles. The Hall–Kier alpha value is -3.55. The molecular formula is C21H24N2O6. The maximum Gasteiger partial charge on any atom is 0.355 e. The van der Waals surface area contributed by atoms with Crippen LogP contribution in [0.3, 0.4) is 0 Å². The number of ether oxygens (including phenoxy) is 3. The van der Waals surface area contributed by atoms with Gasteiger partial charge in [0.2, 0.25) is 5.91 Å². The van der Waals surface area contributed by atoms with E-state index in [9.17, 15) is 14.4 Å². The minimum Gasteiger partial charge on any atom is -0.497 e. The van der Waals surface area contributed by atoms with Crippen molar-refractivity contribution < 1.29 is 28.6 Å². The van der Waals surface area contributed by atoms with Crippen molar-refractivity contribution in [1.29, 1.82) is 0 Å². The minimum absolute atomic E-state index is 0.0151. The fourth-order valence-corrected chi connectivity index (χ4v) is 2.58. The first-order valence-corrected chi connectivity index (χ1v) is 8.87. The number of hydrogen-bond donors (Lipinski definition) is 1. The molecule has 0 saturated carbocycles. The first-order valence-electron chi connectivity index (χ1n) is 8.87. The van der Waals surface area contributed by atoms with Gasteiger partial charge in [0.25, 0.3) is 0 Å². The Morgan fingerprint density at radius 1 is 1.00 bits per heavy atom. The van der Waals surface area contributed by atoms with E-state index in [0.717, 1.165) is 0 Å². The number of anilines is 2. The van der Waals surface area contributed by atoms with Crippen LogP contribution in [0.4, 0.5) is 11.4 Å². The summed E-state index contributed by atoms with van der Waals surface area (Å²) < 4.78 is 15.0. The summed E-state index contributed by atoms with van der Waals surface area (Å²) in [4.78, 5) is 38.7. The number of carbonyl (C=O) groups is 3. The lowest BCUT2D eigenvalue weighted by Crippen LogP contribution is -2.28. The first kappa shape index (κ1) is 21.7. The van der Waals surface area contributed by atoms with Crippen LogP contribution >= 0.6 is 0 Å². The SMILES string of the molecule is COC(=O)C1=C(C(=O)OC)N(c2ccc(OC)cc2NC(=O)C(C)C)C=CC=C1. The molecule has 0 unspecified atom stereocenters. The van der Waals surface area contributed by atoms with Gasteiger partial charge >= 0.3 is 11.9 Å². The average molecular weight is 400 g/mol. The van der Waals surface area contributed by atoms with Gasteiger partial charge in [0.05, 0.1) is 38.3 Å². The number of rotatable bonds is 6. The van der Waals surface area contributed by atoms with Crippen molar-refractivity contribution in [3.05, 3.63) is 53.9 Å². The Morgan fingerprint density at radius 3 is 2.28 bits per heavy atom. The average Bonchev–Trinajstić information content (AvgIpc) is 2.95. The van der Waals surface area contributed by atoms with Crippen LogP contribution in [0.5, 0.6) is 5.75 Å². The topological polar surface area (TPSA) is 94.2 Å². The normalized spacial score (nSPS) is 13.2. The highest BCUT2D eigenvalue weighted by molar-refractivity contribution is 6.06. The van der Waals surface area contributed by atoms with Gasteiger partial charge in [-0.2, -0.15) is 0 Å². The lowest BCUT2D eigenvalue weighted by molar-refractivity contribution is -0.139. The molecule has 1 aliphatic rings. The predicted octanol–water partition coefficient (Wildman–Crippen LogP) is 2.78. The van der Waals surface area contributed by atoms with E-state index in [1.165, 1.54) is 32.3 Å². The summed E-state index contributed by atoms with van der Waals surface area (Å²) in [5, 5.41) is 2.83. The molecule has 0 fully saturated rings. The number of methoxy groups -OCH3 is 3. The highest BCUT2D eigenvalue weighted by Gasteiger charge is 2.29. The van der Waals surface area contributed by atoms with Gasteiger partial charge in [-0.05, 0) is 24.3 Å². The molecule has 1 amide bonds. The van der Waals surface area contributed by atoms with Gasteiger partial charge in [-0.25, -0.2) is 9.59 Å². The standard InChI is InChI=1S/C21H24N2O6/c1-13(2)19(24)22-16-12-14(27-3)9-10-17(16)23-11-7-6-8-15(20(25)28-4)18(23)21(26)29-5/h6-13H,1-5H3,(H,22,24). The van der Waals surface area contributed by atoms with Crippen LogP contribution in [-0.2, 0) is 23.9 Å². The van der Waals surface area contributed by atoms with E-state index in [4.69, 9.17) is 14.2 Å². The quantitative estimate of drug-likeness (QED) is 0.734. The monoisotopic (exact) mass is 400 g/mol. The summed E-state index contributed by atoms with van der Waals surface area (Å²) in [7, 11) is 3.95. The summed E-state index contributed by atoms with van der Waals surface area (Å²) in [6, 6.07) is 4.98. The third kappa shape index (κ3) is 4.84. The molecule has 8 nitrogen and oxygen atoms in total. The summed E-state index contributed by atoms with van der Waals surface area (Å²) in [6.45, 7) is 3.53. The maximum absolute atomic E-state index is 12.6. The number of benzene rings is 1. The third-order valence-electron chi connectivity index (χ3n) is 4.13. The molecule has 1 heterocycles. The number of allylic oxidation sites excluding steroid dienone is 2. The lowest BCUT2D eigenvalue weighted by atomic mass is 10.1. The second kappa shape index (κ2) is 9.59. The fourth-order valence-electron chi connectivity index (χ4n) is 2.58. The first-order chi connectivity index (χ1) is 13.8. The van der Waals surface area contributed by atoms with E-state index in [0.29, 0.717) is 17.1 Å². The summed E-state index contributed by atoms with van der Waals surface area (Å²) in [5.41, 5.74) is 0.817. The van der Waals surface area contributed by atoms with Gasteiger partial charge in [0, 0.05) is 18.2 Å². The molecular weight excluding hydrogens is 376 g/mol. The number of esters is 2. The predicted molar refractivity (Wildman–Crippen MR) is 108 cm³/mol. The number of hydrogen-bond acceptors (Lipinski definition) is 7. The Bertz CT molecular complexity index is 898. The second-order valence-corrected chi connectivity index (χ2v) is 6.34. The van der Waals surface area contributed by atoms with Crippen molar-refractivity contribution in [3.63, 3.8) is 0 Å². The van der Waals surface area contributed by atoms with Crippen LogP contribution in [0.25, 0.3) is 0 Å². The molecule has 29 heavy (non-hydrogen) atoms. The molecule has 0 spiro atoms. The molecule has 1 N–H and O–H groups in total. The lowest BCUT2D eigenvalue weighted by Gasteiger charge is -2.26. The van der Waals surface area contributed by atoms with Crippen LogP contribution in [0.1, 0.15) is 13.8 Å². The van der Waals surface area contributed by atoms with E-state index in [1.54, 1.807) is 50.4 Å². The number of nitrogens with zero attached hydrogens (tertiary/aromatic N) is 1. The van der Waals surface area contributed by atoms with E-state index >= 15 is 0 Å². The molecule has 0 radical (unpaired) electrons. The Kier molecular flexibility index (Phi) is 7.19. The van der Waals surface area contributed by atoms with E-state index < -0.39 is 11.9 Å². The van der Waals surface area contributed by atoms with Crippen molar-refractivity contribution >= 4 is 29.2 Å². The van der Waals surface area contributed by atoms with Gasteiger partial charge in [0.15, 0.2) is 0 Å². The summed E-state index contributed by atoms with van der Waals surface area (Å²) in [6.07, 6.45) is 6.30. The van der Waals surface area contributed by atoms with E-state index in [1.807, 2.05) is 0 Å². The van der Waals surface area contributed by atoms with Gasteiger partial charge in [-0.3, -0.25) is 4.79 Å². The molecule has 2 rings (SSSR count). The van der Waals surface area contributed by atoms with Crippen molar-refractivity contribution in [2.24, 2.45) is 5.92 Å². The Labute approximate surface area is 169 Å². The van der Waals surface area contributed by atoms with Gasteiger partial charge in [0.1, 0.15) is 11.4 Å².